The van der Waals surface area contributed by atoms with Gasteiger partial charge in [-0.05, 0) is 0 Å². The van der Waals surface area contributed by atoms with Gasteiger partial charge < -0.3 is 195 Å². The monoisotopic (exact) mass is 1680 g/mol. The fraction of sp³-hybridized carbons (Fsp3) is 0.914. The molecule has 8 saturated heterocycles. The fourth-order valence-corrected chi connectivity index (χ4v) is 14.3. The number of ether oxygens (including phenoxy) is 15. The molecule has 26 N–H and O–H groups in total. The third-order valence-electron chi connectivity index (χ3n) is 19.1. The molecule has 0 aromatic carbocycles. The van der Waals surface area contributed by atoms with E-state index in [-0.39, 0.29) is 0 Å². The molecule has 0 aromatic rings. The Kier molecular flexibility index (Phi) is 33.3. The highest BCUT2D eigenvalue weighted by Gasteiger charge is 2.61. The van der Waals surface area contributed by atoms with Gasteiger partial charge in [0.2, 0.25) is 29.5 Å². The Labute approximate surface area is 634 Å². The van der Waals surface area contributed by atoms with Gasteiger partial charge in [0.25, 0.3) is 0 Å². The smallest absolute Gasteiger partial charge is 0.394 e. The number of amides is 5. The summed E-state index contributed by atoms with van der Waals surface area (Å²) >= 11 is 0. The number of aliphatic hydroxyl groups excluding tert-OH is 19. The number of aliphatic hydroxyl groups is 19. The summed E-state index contributed by atoms with van der Waals surface area (Å²) in [7, 11) is -10.7. The predicted octanol–water partition coefficient (Wildman–Crippen LogP) is -18.1. The van der Waals surface area contributed by atoms with Crippen LogP contribution >= 0.6 is 0 Å². The Morgan fingerprint density at radius 2 is 0.554 bits per heavy atom. The lowest BCUT2D eigenvalue weighted by Crippen LogP contribution is -2.71. The van der Waals surface area contributed by atoms with Crippen LogP contribution in [0.4, 0.5) is 0 Å². The second-order valence-electron chi connectivity index (χ2n) is 27.1. The Hall–Kier alpha value is -4.27. The molecule has 40 atom stereocenters. The van der Waals surface area contributed by atoms with Crippen LogP contribution in [0.2, 0.25) is 0 Å². The molecule has 0 spiro atoms. The van der Waals surface area contributed by atoms with E-state index in [9.17, 15) is 147 Å². The number of carbonyl (C=O) groups is 5. The highest BCUT2D eigenvalue weighted by Crippen LogP contribution is 2.40. The Bertz CT molecular complexity index is 3320. The first kappa shape index (κ1) is 93.2. The van der Waals surface area contributed by atoms with Crippen LogP contribution in [0.1, 0.15) is 34.6 Å². The molecule has 0 aromatic heterocycles. The van der Waals surface area contributed by atoms with Crippen molar-refractivity contribution in [2.24, 2.45) is 0 Å². The summed E-state index contributed by atoms with van der Waals surface area (Å²) in [6, 6.07) is -9.50. The van der Waals surface area contributed by atoms with Crippen LogP contribution in [0.15, 0.2) is 0 Å². The van der Waals surface area contributed by atoms with E-state index in [4.69, 9.17) is 71.1 Å². The Balaban J connectivity index is 1.22. The highest BCUT2D eigenvalue weighted by atomic mass is 32.3. The second-order valence-corrected chi connectivity index (χ2v) is 29.3. The summed E-state index contributed by atoms with van der Waals surface area (Å²) in [4.78, 5) is 63.1. The molecule has 112 heavy (non-hydrogen) atoms. The van der Waals surface area contributed by atoms with E-state index >= 15 is 0 Å². The molecular weight excluding hydrogens is 1580 g/mol. The summed E-state index contributed by atoms with van der Waals surface area (Å²) in [5.41, 5.74) is 0. The van der Waals surface area contributed by atoms with Crippen LogP contribution in [0.25, 0.3) is 0 Å². The molecule has 648 valence electrons. The molecule has 0 radical (unpaired) electrons. The van der Waals surface area contributed by atoms with Gasteiger partial charge in [-0.25, -0.2) is 8.37 Å². The van der Waals surface area contributed by atoms with Gasteiger partial charge >= 0.3 is 20.8 Å². The number of carbonyl (C=O) groups excluding carboxylic acids is 5. The predicted molar refractivity (Wildman–Crippen MR) is 343 cm³/mol. The molecule has 0 bridgehead atoms. The van der Waals surface area contributed by atoms with Gasteiger partial charge in [-0.2, -0.15) is 16.8 Å². The molecule has 52 nitrogen and oxygen atoms in total. The van der Waals surface area contributed by atoms with E-state index < -0.39 is 349 Å². The molecule has 8 fully saturated rings. The summed E-state index contributed by atoms with van der Waals surface area (Å²) in [5, 5.41) is 227. The third kappa shape index (κ3) is 22.6. The summed E-state index contributed by atoms with van der Waals surface area (Å²) in [6.07, 6.45) is -77.5. The molecule has 8 heterocycles. The van der Waals surface area contributed by atoms with E-state index in [0.29, 0.717) is 0 Å². The molecule has 5 amide bonds. The first-order chi connectivity index (χ1) is 52.5. The van der Waals surface area contributed by atoms with Gasteiger partial charge in [0.1, 0.15) is 195 Å². The Morgan fingerprint density at radius 1 is 0.277 bits per heavy atom. The van der Waals surface area contributed by atoms with E-state index in [2.05, 4.69) is 35.0 Å². The standard InChI is InChI=1S/C58H97N5O47S2/c1-14(69)59-27-40(82)45(21(8-66)97-51(27)87)105-55-31(63-18(5)73)41(83)46(22(9-67)100-55)107-56-44(86)48(36(78)24(104-56)11-94-57-49(42(84)33(75)20(7-65)99-57)109-53-29(61-16(3)71)38(80)34(76)25(102-53)12-95-111(88,89)90)108-58-50(110-54-30(62-17(4)72)39(81)35(77)26(103-54)13-96-112(91,92)93)43(85)47(23(10-68)101-58)106-52-28(60-15(2)70)37(79)32(74)19(6-64)98-52/h19-58,64-68,74-87H,6-13H2,1-5H3,(H,59,69)(H,60,70)(H,61,71)(H,62,72)(H,63,73)(H,88,89,90)(H,91,92,93)/t19-,20-,21-,22-,23-,24-,25-,26-,27-,28-,29-,30-,31-,32-,33-,34-,35-,36-,37-,38-,39-,40-,41-,42+,43+,44+,45-,46-,47-,48+,49+,50+,51-,52+,53+,54+,55+,56+,57+,58-/m1/s1. The summed E-state index contributed by atoms with van der Waals surface area (Å²) < 4.78 is 164. The van der Waals surface area contributed by atoms with Gasteiger partial charge in [-0.1, -0.05) is 0 Å². The molecule has 0 unspecified atom stereocenters. The zero-order valence-corrected chi connectivity index (χ0v) is 61.2. The van der Waals surface area contributed by atoms with Crippen LogP contribution < -0.4 is 26.6 Å². The lowest BCUT2D eigenvalue weighted by molar-refractivity contribution is -0.402. The lowest BCUT2D eigenvalue weighted by atomic mass is 9.93. The number of nitrogens with one attached hydrogen (secondary N) is 5. The number of rotatable bonds is 31. The topological polar surface area (TPSA) is 796 Å². The molecule has 0 aliphatic carbocycles. The van der Waals surface area contributed by atoms with Gasteiger partial charge in [-0.3, -0.25) is 33.1 Å². The Morgan fingerprint density at radius 3 is 0.955 bits per heavy atom. The SMILES string of the molecule is CC(=O)N[C@@H]1[C@@H](O)[C@H](O[C@@H]2O[C@H](CO)[C@@H](O[C@@H]3O[C@H](CO[C@H]4O[C@H](CO)[C@@H](O)[C@H](O)[C@@H]4O[C@@H]4O[C@H](COS(=O)(=O)O)[C@@H](O)[C@H](O)[C@H]4NC(C)=O)[C@@H](O)[C@H](O[C@H]4O[C@H](CO)[C@@H](O[C@@H]5O[C@H](CO)[C@@H](O)[C@H](O)[C@H]5NC(C)=O)[C@H](O)[C@@H]4O[C@@H]4O[C@H](COS(=O)(=O)O)[C@@H](O)[C@H](O)[C@H]4NC(C)=O)[C@@H]3O)[C@H](O)[C@H]2NC(C)=O)[C@@H](CO)O[C@H]1O. The van der Waals surface area contributed by atoms with E-state index in [1.807, 2.05) is 0 Å². The van der Waals surface area contributed by atoms with Gasteiger partial charge in [0.05, 0.1) is 52.9 Å². The van der Waals surface area contributed by atoms with Gasteiger partial charge in [0, 0.05) is 34.6 Å². The van der Waals surface area contributed by atoms with Crippen molar-refractivity contribution in [2.45, 2.75) is 280 Å². The molecule has 8 rings (SSSR count). The average Bonchev–Trinajstić information content (AvgIpc) is 0.770. The van der Waals surface area contributed by atoms with Crippen LogP contribution in [0.3, 0.4) is 0 Å². The first-order valence-electron chi connectivity index (χ1n) is 34.4. The van der Waals surface area contributed by atoms with Crippen molar-refractivity contribution < 1.29 is 226 Å². The third-order valence-corrected chi connectivity index (χ3v) is 19.9. The normalized spacial score (nSPS) is 45.0. The maximum atomic E-state index is 13.0. The van der Waals surface area contributed by atoms with Crippen molar-refractivity contribution in [3.63, 3.8) is 0 Å². The molecule has 0 saturated carbocycles. The molecule has 8 aliphatic rings. The van der Waals surface area contributed by atoms with E-state index in [1.54, 1.807) is 0 Å². The minimum Gasteiger partial charge on any atom is -0.394 e. The van der Waals surface area contributed by atoms with Crippen molar-refractivity contribution in [3.05, 3.63) is 0 Å². The van der Waals surface area contributed by atoms with Gasteiger partial charge in [0.15, 0.2) is 50.3 Å². The summed E-state index contributed by atoms with van der Waals surface area (Å²) in [6.45, 7) is -5.15. The van der Waals surface area contributed by atoms with E-state index in [0.717, 1.165) is 34.6 Å². The van der Waals surface area contributed by atoms with Gasteiger partial charge in [-0.15, -0.1) is 0 Å². The molecular formula is C58H97N5O47S2. The minimum absolute atomic E-state index is 0.812. The van der Waals surface area contributed by atoms with Crippen LogP contribution in [-0.2, 0) is 124 Å². The van der Waals surface area contributed by atoms with Crippen molar-refractivity contribution in [2.75, 3.05) is 52.9 Å². The number of hydrogen-bond donors (Lipinski definition) is 26. The maximum absolute atomic E-state index is 13.0. The zero-order valence-electron chi connectivity index (χ0n) is 59.6. The van der Waals surface area contributed by atoms with Crippen molar-refractivity contribution >= 4 is 50.3 Å². The second kappa shape index (κ2) is 40.0. The minimum atomic E-state index is -5.40. The number of hydrogen-bond acceptors (Lipinski definition) is 45. The zero-order chi connectivity index (χ0) is 83.2. The fourth-order valence-electron chi connectivity index (χ4n) is 13.7. The van der Waals surface area contributed by atoms with Crippen LogP contribution in [0, 0.1) is 0 Å². The molecule has 8 aliphatic heterocycles. The molecule has 54 heteroatoms. The lowest BCUT2D eigenvalue weighted by Gasteiger charge is -2.51. The van der Waals surface area contributed by atoms with Crippen LogP contribution in [0.5, 0.6) is 0 Å². The highest BCUT2D eigenvalue weighted by molar-refractivity contribution is 7.81. The van der Waals surface area contributed by atoms with Crippen LogP contribution in [-0.4, -0.2) is 451 Å². The van der Waals surface area contributed by atoms with Crippen molar-refractivity contribution in [3.8, 4) is 0 Å². The first-order valence-corrected chi connectivity index (χ1v) is 37.1. The van der Waals surface area contributed by atoms with E-state index in [1.165, 1.54) is 0 Å². The largest absolute Gasteiger partial charge is 0.397 e. The average molecular weight is 1680 g/mol. The maximum Gasteiger partial charge on any atom is 0.397 e. The summed E-state index contributed by atoms with van der Waals surface area (Å²) in [5.74, 6) is -4.70. The van der Waals surface area contributed by atoms with Crippen molar-refractivity contribution in [1.82, 2.24) is 26.6 Å². The quantitative estimate of drug-likeness (QED) is 0.0287. The van der Waals surface area contributed by atoms with Crippen molar-refractivity contribution in [1.29, 1.82) is 0 Å².